The molecule has 1 N–H and O–H groups in total. The van der Waals surface area contributed by atoms with Crippen molar-refractivity contribution < 1.29 is 14.3 Å². The van der Waals surface area contributed by atoms with Crippen molar-refractivity contribution in [2.45, 2.75) is 19.4 Å². The van der Waals surface area contributed by atoms with Gasteiger partial charge in [0.15, 0.2) is 10.5 Å². The number of carboxylic acids is 1. The molecular formula is C9H9BrN4O3. The molecule has 0 saturated carbocycles. The molecule has 0 aliphatic heterocycles. The van der Waals surface area contributed by atoms with E-state index in [0.29, 0.717) is 23.5 Å². The first kappa shape index (κ1) is 11.8. The normalized spacial score (nSPS) is 10.6. The lowest BCUT2D eigenvalue weighted by Gasteiger charge is -2.01. The molecule has 8 heteroatoms. The number of aliphatic carboxylic acids is 1. The van der Waals surface area contributed by atoms with Crippen LogP contribution in [0.5, 0.6) is 0 Å². The zero-order valence-corrected chi connectivity index (χ0v) is 10.3. The highest BCUT2D eigenvalue weighted by atomic mass is 79.9. The van der Waals surface area contributed by atoms with Crippen LogP contribution in [0.25, 0.3) is 11.4 Å². The second-order valence-corrected chi connectivity index (χ2v) is 4.05. The average Bonchev–Trinajstić information content (AvgIpc) is 2.86. The molecule has 0 atom stereocenters. The Morgan fingerprint density at radius 3 is 3.06 bits per heavy atom. The first-order chi connectivity index (χ1) is 8.18. The third kappa shape index (κ3) is 2.70. The zero-order valence-electron chi connectivity index (χ0n) is 8.71. The molecule has 0 aliphatic rings. The van der Waals surface area contributed by atoms with Gasteiger partial charge in [-0.3, -0.25) is 4.79 Å². The molecule has 2 aromatic heterocycles. The van der Waals surface area contributed by atoms with E-state index in [0.717, 1.165) is 5.56 Å². The number of hydrogen-bond donors (Lipinski definition) is 1. The fourth-order valence-electron chi connectivity index (χ4n) is 1.38. The molecule has 0 amide bonds. The standard InChI is InChI=1S/C9H9BrN4O3/c10-8-6(3-5-17-8)9-11-12-13-14(9)4-1-2-7(15)16/h3,5H,1-2,4H2,(H,15,16). The quantitative estimate of drug-likeness (QED) is 0.900. The molecule has 0 aromatic carbocycles. The smallest absolute Gasteiger partial charge is 0.303 e. The first-order valence-electron chi connectivity index (χ1n) is 4.90. The zero-order chi connectivity index (χ0) is 12.3. The first-order valence-corrected chi connectivity index (χ1v) is 5.69. The number of nitrogens with zero attached hydrogens (tertiary/aromatic N) is 4. The monoisotopic (exact) mass is 300 g/mol. The number of hydrogen-bond acceptors (Lipinski definition) is 5. The van der Waals surface area contributed by atoms with Gasteiger partial charge < -0.3 is 9.52 Å². The van der Waals surface area contributed by atoms with Crippen molar-refractivity contribution in [3.63, 3.8) is 0 Å². The number of tetrazole rings is 1. The molecule has 0 radical (unpaired) electrons. The Hall–Kier alpha value is -1.70. The summed E-state index contributed by atoms with van der Waals surface area (Å²) in [6.45, 7) is 0.451. The van der Waals surface area contributed by atoms with Gasteiger partial charge in [0.05, 0.1) is 11.8 Å². The van der Waals surface area contributed by atoms with Crippen LogP contribution in [-0.2, 0) is 11.3 Å². The van der Waals surface area contributed by atoms with Crippen LogP contribution in [0.15, 0.2) is 21.4 Å². The number of halogens is 1. The number of aryl methyl sites for hydroxylation is 1. The van der Waals surface area contributed by atoms with Crippen LogP contribution in [0.1, 0.15) is 12.8 Å². The highest BCUT2D eigenvalue weighted by molar-refractivity contribution is 9.10. The van der Waals surface area contributed by atoms with Crippen molar-refractivity contribution in [3.8, 4) is 11.4 Å². The van der Waals surface area contributed by atoms with Crippen molar-refractivity contribution in [2.75, 3.05) is 0 Å². The number of rotatable bonds is 5. The number of aromatic nitrogens is 4. The van der Waals surface area contributed by atoms with Crippen LogP contribution in [-0.4, -0.2) is 31.3 Å². The lowest BCUT2D eigenvalue weighted by atomic mass is 10.3. The summed E-state index contributed by atoms with van der Waals surface area (Å²) >= 11 is 3.24. The molecule has 0 fully saturated rings. The lowest BCUT2D eigenvalue weighted by molar-refractivity contribution is -0.137. The molecule has 0 bridgehead atoms. The molecule has 0 saturated heterocycles. The number of furan rings is 1. The topological polar surface area (TPSA) is 94.0 Å². The highest BCUT2D eigenvalue weighted by Gasteiger charge is 2.14. The van der Waals surface area contributed by atoms with Gasteiger partial charge in [0.1, 0.15) is 0 Å². The maximum absolute atomic E-state index is 10.4. The predicted octanol–water partition coefficient (Wildman–Crippen LogP) is 1.56. The summed E-state index contributed by atoms with van der Waals surface area (Å²) in [5.41, 5.74) is 0.741. The third-order valence-corrected chi connectivity index (χ3v) is 2.77. The molecule has 0 aliphatic carbocycles. The summed E-state index contributed by atoms with van der Waals surface area (Å²) in [6, 6.07) is 1.74. The fraction of sp³-hybridized carbons (Fsp3) is 0.333. The Balaban J connectivity index is 2.12. The van der Waals surface area contributed by atoms with Gasteiger partial charge in [0.25, 0.3) is 0 Å². The van der Waals surface area contributed by atoms with E-state index in [1.54, 1.807) is 10.7 Å². The van der Waals surface area contributed by atoms with Crippen LogP contribution in [0.2, 0.25) is 0 Å². The molecular weight excluding hydrogens is 292 g/mol. The van der Waals surface area contributed by atoms with Crippen LogP contribution in [0.3, 0.4) is 0 Å². The summed E-state index contributed by atoms with van der Waals surface area (Å²) in [5.74, 6) is -0.278. The summed E-state index contributed by atoms with van der Waals surface area (Å²) in [6.07, 6.45) is 2.09. The van der Waals surface area contributed by atoms with Gasteiger partial charge in [0.2, 0.25) is 0 Å². The Kier molecular flexibility index (Phi) is 3.52. The fourth-order valence-corrected chi connectivity index (χ4v) is 1.80. The van der Waals surface area contributed by atoms with Crippen molar-refractivity contribution in [3.05, 3.63) is 17.0 Å². The van der Waals surface area contributed by atoms with Crippen molar-refractivity contribution in [1.82, 2.24) is 20.2 Å². The van der Waals surface area contributed by atoms with Gasteiger partial charge >= 0.3 is 5.97 Å². The van der Waals surface area contributed by atoms with E-state index in [4.69, 9.17) is 9.52 Å². The van der Waals surface area contributed by atoms with Crippen LogP contribution in [0, 0.1) is 0 Å². The molecule has 90 valence electrons. The maximum atomic E-state index is 10.4. The number of carboxylic acid groups (broad SMARTS) is 1. The van der Waals surface area contributed by atoms with Crippen LogP contribution in [0.4, 0.5) is 0 Å². The largest absolute Gasteiger partial charge is 0.481 e. The van der Waals surface area contributed by atoms with Crippen molar-refractivity contribution in [1.29, 1.82) is 0 Å². The van der Waals surface area contributed by atoms with Gasteiger partial charge in [-0.05, 0) is 38.8 Å². The molecule has 0 spiro atoms. The Morgan fingerprint density at radius 2 is 2.41 bits per heavy atom. The summed E-state index contributed by atoms with van der Waals surface area (Å²) < 4.78 is 7.20. The highest BCUT2D eigenvalue weighted by Crippen LogP contribution is 2.26. The van der Waals surface area contributed by atoms with Gasteiger partial charge in [-0.1, -0.05) is 0 Å². The lowest BCUT2D eigenvalue weighted by Crippen LogP contribution is -2.05. The van der Waals surface area contributed by atoms with Crippen molar-refractivity contribution in [2.24, 2.45) is 0 Å². The Bertz CT molecular complexity index is 522. The molecule has 2 aromatic rings. The predicted molar refractivity (Wildman–Crippen MR) is 60.1 cm³/mol. The minimum absolute atomic E-state index is 0.0891. The van der Waals surface area contributed by atoms with Crippen LogP contribution < -0.4 is 0 Å². The molecule has 2 rings (SSSR count). The second-order valence-electron chi connectivity index (χ2n) is 3.33. The van der Waals surface area contributed by atoms with E-state index >= 15 is 0 Å². The average molecular weight is 301 g/mol. The number of carbonyl (C=O) groups is 1. The SMILES string of the molecule is O=C(O)CCCn1nnnc1-c1ccoc1Br. The molecule has 2 heterocycles. The Morgan fingerprint density at radius 1 is 1.59 bits per heavy atom. The summed E-state index contributed by atoms with van der Waals surface area (Å²) in [7, 11) is 0. The van der Waals surface area contributed by atoms with Gasteiger partial charge in [-0.15, -0.1) is 5.10 Å². The summed E-state index contributed by atoms with van der Waals surface area (Å²) in [5, 5.41) is 19.8. The molecule has 17 heavy (non-hydrogen) atoms. The Labute approximate surface area is 105 Å². The van der Waals surface area contributed by atoms with Crippen molar-refractivity contribution >= 4 is 21.9 Å². The van der Waals surface area contributed by atoms with E-state index in [9.17, 15) is 4.79 Å². The minimum atomic E-state index is -0.830. The van der Waals surface area contributed by atoms with Gasteiger partial charge in [-0.25, -0.2) is 4.68 Å². The van der Waals surface area contributed by atoms with Gasteiger partial charge in [-0.2, -0.15) is 0 Å². The van der Waals surface area contributed by atoms with E-state index in [1.807, 2.05) is 0 Å². The minimum Gasteiger partial charge on any atom is -0.481 e. The third-order valence-electron chi connectivity index (χ3n) is 2.15. The van der Waals surface area contributed by atoms with Crippen LogP contribution >= 0.6 is 15.9 Å². The molecule has 7 nitrogen and oxygen atoms in total. The van der Waals surface area contributed by atoms with E-state index < -0.39 is 5.97 Å². The van der Waals surface area contributed by atoms with E-state index in [1.165, 1.54) is 6.26 Å². The van der Waals surface area contributed by atoms with Gasteiger partial charge in [0, 0.05) is 13.0 Å². The summed E-state index contributed by atoms with van der Waals surface area (Å²) in [4.78, 5) is 10.4. The van der Waals surface area contributed by atoms with E-state index in [2.05, 4.69) is 31.5 Å². The second kappa shape index (κ2) is 5.09. The maximum Gasteiger partial charge on any atom is 0.303 e. The van der Waals surface area contributed by atoms with E-state index in [-0.39, 0.29) is 6.42 Å². The molecule has 0 unspecified atom stereocenters.